The molecule has 0 atom stereocenters. The number of carbonyl (C=O) groups is 1. The molecule has 7 heteroatoms. The van der Waals surface area contributed by atoms with Crippen molar-refractivity contribution in [3.05, 3.63) is 59.7 Å². The van der Waals surface area contributed by atoms with Crippen molar-refractivity contribution in [2.45, 2.75) is 19.9 Å². The monoisotopic (exact) mass is 351 g/mol. The Morgan fingerprint density at radius 2 is 2.04 bits per heavy atom. The molecule has 0 aliphatic rings. The summed E-state index contributed by atoms with van der Waals surface area (Å²) in [5.41, 5.74) is 2.45. The minimum absolute atomic E-state index is 0.128. The van der Waals surface area contributed by atoms with Gasteiger partial charge in [-0.2, -0.15) is 0 Å². The minimum atomic E-state index is -0.128. The van der Waals surface area contributed by atoms with Crippen LogP contribution in [0, 0.1) is 0 Å². The Balaban J connectivity index is 1.66. The fraction of sp³-hybridized carbons (Fsp3) is 0.263. The number of amides is 1. The number of hydrogen-bond acceptors (Lipinski definition) is 5. The first kappa shape index (κ1) is 17.6. The van der Waals surface area contributed by atoms with Gasteiger partial charge in [-0.25, -0.2) is 4.68 Å². The minimum Gasteiger partial charge on any atom is -0.496 e. The maximum Gasteiger partial charge on any atom is 0.251 e. The number of aryl methyl sites for hydroxylation is 1. The molecule has 7 nitrogen and oxygen atoms in total. The summed E-state index contributed by atoms with van der Waals surface area (Å²) in [6.45, 7) is 3.15. The van der Waals surface area contributed by atoms with Gasteiger partial charge in [-0.05, 0) is 47.5 Å². The molecule has 0 unspecified atom stereocenters. The second-order valence-corrected chi connectivity index (χ2v) is 5.72. The number of tetrazole rings is 1. The molecule has 3 rings (SSSR count). The standard InChI is InChI=1S/C19H21N5O2/c1-3-24-18(21-22-23-24)15-8-6-9-16(13-15)19(25)20-12-11-14-7-4-5-10-17(14)26-2/h4-10,13H,3,11-12H2,1-2H3,(H,20,25). The summed E-state index contributed by atoms with van der Waals surface area (Å²) in [5, 5.41) is 14.6. The number of nitrogens with one attached hydrogen (secondary N) is 1. The molecule has 1 heterocycles. The first-order valence-electron chi connectivity index (χ1n) is 8.49. The molecular formula is C19H21N5O2. The van der Waals surface area contributed by atoms with Gasteiger partial charge in [0, 0.05) is 24.2 Å². The van der Waals surface area contributed by atoms with E-state index in [-0.39, 0.29) is 5.91 Å². The van der Waals surface area contributed by atoms with Crippen molar-refractivity contribution in [2.24, 2.45) is 0 Å². The summed E-state index contributed by atoms with van der Waals surface area (Å²) in [7, 11) is 1.65. The van der Waals surface area contributed by atoms with Crippen molar-refractivity contribution in [2.75, 3.05) is 13.7 Å². The van der Waals surface area contributed by atoms with E-state index in [0.717, 1.165) is 16.9 Å². The lowest BCUT2D eigenvalue weighted by Gasteiger charge is -2.09. The van der Waals surface area contributed by atoms with Gasteiger partial charge in [0.2, 0.25) is 0 Å². The Bertz CT molecular complexity index is 891. The van der Waals surface area contributed by atoms with Crippen LogP contribution in [0.2, 0.25) is 0 Å². The molecule has 134 valence electrons. The third-order valence-electron chi connectivity index (χ3n) is 4.09. The molecule has 1 N–H and O–H groups in total. The lowest BCUT2D eigenvalue weighted by Crippen LogP contribution is -2.25. The third kappa shape index (κ3) is 3.88. The summed E-state index contributed by atoms with van der Waals surface area (Å²) in [6.07, 6.45) is 0.698. The van der Waals surface area contributed by atoms with Crippen LogP contribution in [0.3, 0.4) is 0 Å². The Hall–Kier alpha value is -3.22. The van der Waals surface area contributed by atoms with Crippen molar-refractivity contribution >= 4 is 5.91 Å². The van der Waals surface area contributed by atoms with E-state index in [4.69, 9.17) is 4.74 Å². The zero-order valence-corrected chi connectivity index (χ0v) is 14.8. The zero-order valence-electron chi connectivity index (χ0n) is 14.8. The molecule has 2 aromatic carbocycles. The van der Waals surface area contributed by atoms with Gasteiger partial charge in [0.25, 0.3) is 5.91 Å². The molecule has 0 aliphatic heterocycles. The average molecular weight is 351 g/mol. The first-order chi connectivity index (χ1) is 12.7. The van der Waals surface area contributed by atoms with Gasteiger partial charge >= 0.3 is 0 Å². The normalized spacial score (nSPS) is 10.5. The van der Waals surface area contributed by atoms with E-state index in [2.05, 4.69) is 20.8 Å². The molecule has 0 fully saturated rings. The van der Waals surface area contributed by atoms with Gasteiger partial charge in [-0.1, -0.05) is 30.3 Å². The highest BCUT2D eigenvalue weighted by molar-refractivity contribution is 5.95. The summed E-state index contributed by atoms with van der Waals surface area (Å²) >= 11 is 0. The van der Waals surface area contributed by atoms with E-state index in [0.29, 0.717) is 30.9 Å². The van der Waals surface area contributed by atoms with Crippen molar-refractivity contribution in [1.29, 1.82) is 0 Å². The Kier molecular flexibility index (Phi) is 5.58. The number of ether oxygens (including phenoxy) is 1. The van der Waals surface area contributed by atoms with Gasteiger partial charge in [0.15, 0.2) is 5.82 Å². The fourth-order valence-electron chi connectivity index (χ4n) is 2.75. The molecule has 0 spiro atoms. The van der Waals surface area contributed by atoms with Crippen LogP contribution >= 0.6 is 0 Å². The van der Waals surface area contributed by atoms with Crippen LogP contribution < -0.4 is 10.1 Å². The van der Waals surface area contributed by atoms with Crippen LogP contribution in [0.25, 0.3) is 11.4 Å². The Morgan fingerprint density at radius 3 is 2.85 bits per heavy atom. The van der Waals surface area contributed by atoms with E-state index in [1.54, 1.807) is 23.9 Å². The molecule has 0 aliphatic carbocycles. The van der Waals surface area contributed by atoms with E-state index in [1.807, 2.05) is 43.3 Å². The summed E-state index contributed by atoms with van der Waals surface area (Å²) in [4.78, 5) is 12.5. The lowest BCUT2D eigenvalue weighted by molar-refractivity contribution is 0.0954. The quantitative estimate of drug-likeness (QED) is 0.706. The molecule has 0 saturated carbocycles. The second kappa shape index (κ2) is 8.24. The third-order valence-corrected chi connectivity index (χ3v) is 4.09. The molecule has 0 bridgehead atoms. The lowest BCUT2D eigenvalue weighted by atomic mass is 10.1. The number of hydrogen-bond donors (Lipinski definition) is 1. The van der Waals surface area contributed by atoms with Crippen LogP contribution in [0.15, 0.2) is 48.5 Å². The molecule has 0 radical (unpaired) electrons. The number of carbonyl (C=O) groups excluding carboxylic acids is 1. The van der Waals surface area contributed by atoms with Gasteiger partial charge in [0.05, 0.1) is 7.11 Å². The SMILES string of the molecule is CCn1nnnc1-c1cccc(C(=O)NCCc2ccccc2OC)c1. The first-order valence-corrected chi connectivity index (χ1v) is 8.49. The van der Waals surface area contributed by atoms with Crippen LogP contribution in [0.5, 0.6) is 5.75 Å². The Morgan fingerprint density at radius 1 is 1.19 bits per heavy atom. The number of aromatic nitrogens is 4. The van der Waals surface area contributed by atoms with Crippen LogP contribution in [-0.2, 0) is 13.0 Å². The van der Waals surface area contributed by atoms with Gasteiger partial charge < -0.3 is 10.1 Å². The molecule has 1 amide bonds. The Labute approximate surface area is 152 Å². The maximum absolute atomic E-state index is 12.5. The predicted molar refractivity (Wildman–Crippen MR) is 98.0 cm³/mol. The van der Waals surface area contributed by atoms with Crippen molar-refractivity contribution in [1.82, 2.24) is 25.5 Å². The molecule has 1 aromatic heterocycles. The number of rotatable bonds is 7. The average Bonchev–Trinajstić information content (AvgIpc) is 3.17. The number of nitrogens with zero attached hydrogens (tertiary/aromatic N) is 4. The van der Waals surface area contributed by atoms with Crippen molar-refractivity contribution in [3.63, 3.8) is 0 Å². The van der Waals surface area contributed by atoms with E-state index in [1.165, 1.54) is 0 Å². The molecule has 26 heavy (non-hydrogen) atoms. The van der Waals surface area contributed by atoms with E-state index >= 15 is 0 Å². The smallest absolute Gasteiger partial charge is 0.251 e. The topological polar surface area (TPSA) is 81.9 Å². The number of benzene rings is 2. The predicted octanol–water partition coefficient (Wildman–Crippen LogP) is 2.34. The maximum atomic E-state index is 12.5. The number of para-hydroxylation sites is 1. The largest absolute Gasteiger partial charge is 0.496 e. The fourth-order valence-corrected chi connectivity index (χ4v) is 2.75. The van der Waals surface area contributed by atoms with Gasteiger partial charge in [-0.15, -0.1) is 5.10 Å². The van der Waals surface area contributed by atoms with E-state index < -0.39 is 0 Å². The van der Waals surface area contributed by atoms with Crippen LogP contribution in [0.4, 0.5) is 0 Å². The summed E-state index contributed by atoms with van der Waals surface area (Å²) in [5.74, 6) is 1.35. The summed E-state index contributed by atoms with van der Waals surface area (Å²) < 4.78 is 7.03. The molecular weight excluding hydrogens is 330 g/mol. The van der Waals surface area contributed by atoms with Crippen molar-refractivity contribution < 1.29 is 9.53 Å². The van der Waals surface area contributed by atoms with E-state index in [9.17, 15) is 4.79 Å². The molecule has 0 saturated heterocycles. The van der Waals surface area contributed by atoms with Gasteiger partial charge in [0.1, 0.15) is 5.75 Å². The van der Waals surface area contributed by atoms with Crippen LogP contribution in [-0.4, -0.2) is 39.8 Å². The highest BCUT2D eigenvalue weighted by Gasteiger charge is 2.11. The zero-order chi connectivity index (χ0) is 18.4. The van der Waals surface area contributed by atoms with Gasteiger partial charge in [-0.3, -0.25) is 4.79 Å². The molecule has 3 aromatic rings. The second-order valence-electron chi connectivity index (χ2n) is 5.72. The summed E-state index contributed by atoms with van der Waals surface area (Å²) in [6, 6.07) is 15.1. The highest BCUT2D eigenvalue weighted by atomic mass is 16.5. The number of methoxy groups -OCH3 is 1. The highest BCUT2D eigenvalue weighted by Crippen LogP contribution is 2.18. The van der Waals surface area contributed by atoms with Crippen LogP contribution in [0.1, 0.15) is 22.8 Å². The van der Waals surface area contributed by atoms with Crippen molar-refractivity contribution in [3.8, 4) is 17.1 Å².